The van der Waals surface area contributed by atoms with Crippen molar-refractivity contribution in [3.05, 3.63) is 35.4 Å². The summed E-state index contributed by atoms with van der Waals surface area (Å²) in [6.45, 7) is 3.73. The molecule has 1 heterocycles. The molecular formula is C16H22O2. The van der Waals surface area contributed by atoms with Crippen molar-refractivity contribution in [2.75, 3.05) is 13.2 Å². The fourth-order valence-corrected chi connectivity index (χ4v) is 3.28. The van der Waals surface area contributed by atoms with Crippen LogP contribution >= 0.6 is 0 Å². The van der Waals surface area contributed by atoms with Crippen molar-refractivity contribution >= 4 is 0 Å². The molecule has 2 fully saturated rings. The molecule has 0 unspecified atom stereocenters. The van der Waals surface area contributed by atoms with E-state index in [0.717, 1.165) is 32.0 Å². The van der Waals surface area contributed by atoms with Gasteiger partial charge in [0.1, 0.15) is 0 Å². The van der Waals surface area contributed by atoms with Crippen molar-refractivity contribution in [3.8, 4) is 0 Å². The van der Waals surface area contributed by atoms with Crippen molar-refractivity contribution in [1.82, 2.24) is 0 Å². The molecule has 0 radical (unpaired) electrons. The molecule has 2 aliphatic rings. The highest BCUT2D eigenvalue weighted by atomic mass is 16.7. The Morgan fingerprint density at radius 2 is 1.89 bits per heavy atom. The van der Waals surface area contributed by atoms with E-state index >= 15 is 0 Å². The highest BCUT2D eigenvalue weighted by Gasteiger charge is 2.40. The Hall–Kier alpha value is -0.860. The first kappa shape index (κ1) is 12.2. The normalized spacial score (nSPS) is 23.6. The van der Waals surface area contributed by atoms with Crippen molar-refractivity contribution in [2.24, 2.45) is 5.92 Å². The fraction of sp³-hybridized carbons (Fsp3) is 0.625. The van der Waals surface area contributed by atoms with E-state index in [2.05, 4.69) is 31.2 Å². The average molecular weight is 246 g/mol. The van der Waals surface area contributed by atoms with E-state index in [4.69, 9.17) is 9.47 Å². The Kier molecular flexibility index (Phi) is 3.40. The van der Waals surface area contributed by atoms with Crippen LogP contribution in [0.1, 0.15) is 36.8 Å². The van der Waals surface area contributed by atoms with Crippen molar-refractivity contribution in [1.29, 1.82) is 0 Å². The van der Waals surface area contributed by atoms with Crippen LogP contribution < -0.4 is 0 Å². The van der Waals surface area contributed by atoms with Crippen LogP contribution in [-0.4, -0.2) is 19.0 Å². The minimum Gasteiger partial charge on any atom is -0.348 e. The lowest BCUT2D eigenvalue weighted by Gasteiger charge is -2.35. The number of hydrogen-bond donors (Lipinski definition) is 0. The Morgan fingerprint density at radius 3 is 2.56 bits per heavy atom. The minimum atomic E-state index is -0.205. The quantitative estimate of drug-likeness (QED) is 0.795. The molecule has 1 saturated carbocycles. The predicted molar refractivity (Wildman–Crippen MR) is 71.5 cm³/mol. The monoisotopic (exact) mass is 246 g/mol. The van der Waals surface area contributed by atoms with Gasteiger partial charge in [0.25, 0.3) is 0 Å². The maximum Gasteiger partial charge on any atom is 0.168 e. The van der Waals surface area contributed by atoms with Gasteiger partial charge in [-0.15, -0.1) is 0 Å². The van der Waals surface area contributed by atoms with Gasteiger partial charge in [0.15, 0.2) is 5.79 Å². The maximum absolute atomic E-state index is 5.78. The predicted octanol–water partition coefficient (Wildman–Crippen LogP) is 3.47. The number of rotatable bonds is 2. The minimum absolute atomic E-state index is 0.205. The lowest BCUT2D eigenvalue weighted by Crippen LogP contribution is -2.35. The van der Waals surface area contributed by atoms with Gasteiger partial charge in [-0.3, -0.25) is 0 Å². The Morgan fingerprint density at radius 1 is 1.17 bits per heavy atom. The second-order valence-electron chi connectivity index (χ2n) is 5.74. The van der Waals surface area contributed by atoms with Gasteiger partial charge in [0.05, 0.1) is 13.2 Å². The van der Waals surface area contributed by atoms with E-state index in [-0.39, 0.29) is 5.79 Å². The van der Waals surface area contributed by atoms with Crippen LogP contribution in [0.2, 0.25) is 0 Å². The van der Waals surface area contributed by atoms with Gasteiger partial charge in [-0.1, -0.05) is 29.8 Å². The molecule has 1 aliphatic heterocycles. The molecule has 1 saturated heterocycles. The summed E-state index contributed by atoms with van der Waals surface area (Å²) in [4.78, 5) is 0. The molecule has 1 aromatic rings. The molecule has 2 heteroatoms. The first-order chi connectivity index (χ1) is 8.76. The molecule has 0 bridgehead atoms. The SMILES string of the molecule is Cc1cccc(CC2CCC3(CC2)OCCO3)c1. The van der Waals surface area contributed by atoms with Crippen LogP contribution in [0.15, 0.2) is 24.3 Å². The Balaban J connectivity index is 1.57. The van der Waals surface area contributed by atoms with Crippen LogP contribution in [-0.2, 0) is 15.9 Å². The molecule has 18 heavy (non-hydrogen) atoms. The molecule has 0 atom stereocenters. The van der Waals surface area contributed by atoms with E-state index in [0.29, 0.717) is 0 Å². The summed E-state index contributed by atoms with van der Waals surface area (Å²) in [5, 5.41) is 0. The summed E-state index contributed by atoms with van der Waals surface area (Å²) in [6.07, 6.45) is 5.81. The molecule has 0 N–H and O–H groups in total. The van der Waals surface area contributed by atoms with Gasteiger partial charge < -0.3 is 9.47 Å². The first-order valence-corrected chi connectivity index (χ1v) is 7.09. The van der Waals surface area contributed by atoms with Gasteiger partial charge in [0.2, 0.25) is 0 Å². The van der Waals surface area contributed by atoms with Crippen LogP contribution in [0, 0.1) is 12.8 Å². The van der Waals surface area contributed by atoms with Gasteiger partial charge >= 0.3 is 0 Å². The standard InChI is InChI=1S/C16H22O2/c1-13-3-2-4-15(11-13)12-14-5-7-16(8-6-14)17-9-10-18-16/h2-4,11,14H,5-10,12H2,1H3. The molecule has 0 amide bonds. The molecular weight excluding hydrogens is 224 g/mol. The number of ether oxygens (including phenoxy) is 2. The molecule has 1 spiro atoms. The van der Waals surface area contributed by atoms with E-state index in [1.54, 1.807) is 0 Å². The molecule has 2 nitrogen and oxygen atoms in total. The van der Waals surface area contributed by atoms with Crippen LogP contribution in [0.4, 0.5) is 0 Å². The summed E-state index contributed by atoms with van der Waals surface area (Å²) in [6, 6.07) is 8.89. The zero-order valence-corrected chi connectivity index (χ0v) is 11.2. The summed E-state index contributed by atoms with van der Waals surface area (Å²) in [5.74, 6) is 0.591. The van der Waals surface area contributed by atoms with Crippen LogP contribution in [0.5, 0.6) is 0 Å². The molecule has 1 aromatic carbocycles. The molecule has 3 rings (SSSR count). The summed E-state index contributed by atoms with van der Waals surface area (Å²) < 4.78 is 11.6. The van der Waals surface area contributed by atoms with E-state index in [9.17, 15) is 0 Å². The molecule has 1 aliphatic carbocycles. The average Bonchev–Trinajstić information content (AvgIpc) is 2.81. The topological polar surface area (TPSA) is 18.5 Å². The largest absolute Gasteiger partial charge is 0.348 e. The number of aryl methyl sites for hydroxylation is 1. The Bertz CT molecular complexity index is 397. The second kappa shape index (κ2) is 5.02. The van der Waals surface area contributed by atoms with E-state index in [1.807, 2.05) is 0 Å². The van der Waals surface area contributed by atoms with Gasteiger partial charge in [0, 0.05) is 12.8 Å². The molecule has 0 aromatic heterocycles. The third kappa shape index (κ3) is 2.60. The summed E-state index contributed by atoms with van der Waals surface area (Å²) in [7, 11) is 0. The summed E-state index contributed by atoms with van der Waals surface area (Å²) in [5.41, 5.74) is 2.84. The fourth-order valence-electron chi connectivity index (χ4n) is 3.28. The van der Waals surface area contributed by atoms with Crippen molar-refractivity contribution in [3.63, 3.8) is 0 Å². The first-order valence-electron chi connectivity index (χ1n) is 7.09. The van der Waals surface area contributed by atoms with Gasteiger partial charge in [-0.25, -0.2) is 0 Å². The highest BCUT2D eigenvalue weighted by Crippen LogP contribution is 2.39. The van der Waals surface area contributed by atoms with Gasteiger partial charge in [-0.2, -0.15) is 0 Å². The van der Waals surface area contributed by atoms with Gasteiger partial charge in [-0.05, 0) is 37.7 Å². The van der Waals surface area contributed by atoms with Crippen LogP contribution in [0.25, 0.3) is 0 Å². The zero-order chi connectivity index (χ0) is 12.4. The third-order valence-corrected chi connectivity index (χ3v) is 4.29. The van der Waals surface area contributed by atoms with E-state index < -0.39 is 0 Å². The van der Waals surface area contributed by atoms with E-state index in [1.165, 1.54) is 30.4 Å². The third-order valence-electron chi connectivity index (χ3n) is 4.29. The smallest absolute Gasteiger partial charge is 0.168 e. The van der Waals surface area contributed by atoms with Crippen molar-refractivity contribution in [2.45, 2.75) is 44.8 Å². The number of hydrogen-bond acceptors (Lipinski definition) is 2. The van der Waals surface area contributed by atoms with Crippen LogP contribution in [0.3, 0.4) is 0 Å². The van der Waals surface area contributed by atoms with Crippen molar-refractivity contribution < 1.29 is 9.47 Å². The molecule has 98 valence electrons. The highest BCUT2D eigenvalue weighted by molar-refractivity contribution is 5.22. The lowest BCUT2D eigenvalue weighted by atomic mass is 9.81. The summed E-state index contributed by atoms with van der Waals surface area (Å²) >= 11 is 0. The lowest BCUT2D eigenvalue weighted by molar-refractivity contribution is -0.182. The Labute approximate surface area is 109 Å². The number of benzene rings is 1. The maximum atomic E-state index is 5.78. The zero-order valence-electron chi connectivity index (χ0n) is 11.2. The second-order valence-corrected chi connectivity index (χ2v) is 5.74.